The Morgan fingerprint density at radius 1 is 1.39 bits per heavy atom. The van der Waals surface area contributed by atoms with Crippen LogP contribution in [0.25, 0.3) is 0 Å². The van der Waals surface area contributed by atoms with Crippen LogP contribution in [0.4, 0.5) is 5.69 Å². The summed E-state index contributed by atoms with van der Waals surface area (Å²) in [6, 6.07) is 5.20. The Balaban J connectivity index is 2.17. The lowest BCUT2D eigenvalue weighted by Gasteiger charge is -2.26. The van der Waals surface area contributed by atoms with E-state index in [0.717, 1.165) is 5.56 Å². The molecule has 0 spiro atoms. The van der Waals surface area contributed by atoms with E-state index in [1.807, 2.05) is 0 Å². The van der Waals surface area contributed by atoms with Crippen molar-refractivity contribution in [3.05, 3.63) is 29.3 Å². The monoisotopic (exact) mass is 248 g/mol. The first-order chi connectivity index (χ1) is 8.63. The van der Waals surface area contributed by atoms with Crippen LogP contribution in [0.15, 0.2) is 18.2 Å². The molecule has 1 amide bonds. The maximum atomic E-state index is 11.8. The fourth-order valence-corrected chi connectivity index (χ4v) is 1.81. The number of carbonyl (C=O) groups excluding carboxylic acids is 2. The van der Waals surface area contributed by atoms with Crippen LogP contribution < -0.4 is 10.6 Å². The van der Waals surface area contributed by atoms with Gasteiger partial charge in [-0.05, 0) is 24.6 Å². The highest BCUT2D eigenvalue weighted by Gasteiger charge is 2.25. The molecule has 1 aliphatic rings. The smallest absolute Gasteiger partial charge is 0.338 e. The summed E-state index contributed by atoms with van der Waals surface area (Å²) < 4.78 is 4.70. The maximum Gasteiger partial charge on any atom is 0.338 e. The minimum Gasteiger partial charge on any atom is -0.465 e. The summed E-state index contributed by atoms with van der Waals surface area (Å²) in [7, 11) is 1.34. The van der Waals surface area contributed by atoms with Gasteiger partial charge >= 0.3 is 5.97 Å². The molecule has 1 fully saturated rings. The van der Waals surface area contributed by atoms with E-state index in [1.165, 1.54) is 7.11 Å². The molecule has 5 nitrogen and oxygen atoms in total. The van der Waals surface area contributed by atoms with Gasteiger partial charge in [0.15, 0.2) is 0 Å². The molecule has 0 saturated carbocycles. The minimum absolute atomic E-state index is 0.0149. The predicted molar refractivity (Wildman–Crippen MR) is 67.5 cm³/mol. The van der Waals surface area contributed by atoms with E-state index < -0.39 is 5.97 Å². The summed E-state index contributed by atoms with van der Waals surface area (Å²) in [5.41, 5.74) is 1.86. The van der Waals surface area contributed by atoms with Crippen molar-refractivity contribution in [2.75, 3.05) is 25.5 Å². The number of carbonyl (C=O) groups is 2. The largest absolute Gasteiger partial charge is 0.465 e. The van der Waals surface area contributed by atoms with Crippen LogP contribution in [0.1, 0.15) is 15.9 Å². The van der Waals surface area contributed by atoms with E-state index in [-0.39, 0.29) is 11.8 Å². The van der Waals surface area contributed by atoms with E-state index in [2.05, 4.69) is 10.6 Å². The highest BCUT2D eigenvalue weighted by atomic mass is 16.5. The Labute approximate surface area is 106 Å². The number of hydrogen-bond acceptors (Lipinski definition) is 4. The van der Waals surface area contributed by atoms with Gasteiger partial charge in [-0.15, -0.1) is 0 Å². The summed E-state index contributed by atoms with van der Waals surface area (Å²) in [6.07, 6.45) is 0. The molecule has 0 radical (unpaired) electrons. The zero-order valence-corrected chi connectivity index (χ0v) is 10.4. The molecular weight excluding hydrogens is 232 g/mol. The van der Waals surface area contributed by atoms with Crippen LogP contribution in [0.2, 0.25) is 0 Å². The molecule has 2 rings (SSSR count). The van der Waals surface area contributed by atoms with Crippen molar-refractivity contribution in [3.63, 3.8) is 0 Å². The van der Waals surface area contributed by atoms with Gasteiger partial charge in [-0.25, -0.2) is 4.79 Å². The van der Waals surface area contributed by atoms with Crippen LogP contribution in [-0.4, -0.2) is 32.1 Å². The Hall–Kier alpha value is -1.88. The van der Waals surface area contributed by atoms with E-state index in [9.17, 15) is 9.59 Å². The normalized spacial score (nSPS) is 14.8. The van der Waals surface area contributed by atoms with Gasteiger partial charge in [-0.2, -0.15) is 0 Å². The highest BCUT2D eigenvalue weighted by molar-refractivity contribution is 5.97. The van der Waals surface area contributed by atoms with Crippen molar-refractivity contribution in [1.29, 1.82) is 0 Å². The second kappa shape index (κ2) is 5.18. The van der Waals surface area contributed by atoms with Crippen LogP contribution >= 0.6 is 0 Å². The Morgan fingerprint density at radius 3 is 2.67 bits per heavy atom. The van der Waals surface area contributed by atoms with Gasteiger partial charge in [0.2, 0.25) is 5.91 Å². The van der Waals surface area contributed by atoms with Gasteiger partial charge in [-0.1, -0.05) is 6.07 Å². The number of methoxy groups -OCH3 is 1. The molecule has 0 bridgehead atoms. The molecule has 1 saturated heterocycles. The van der Waals surface area contributed by atoms with Crippen molar-refractivity contribution in [1.82, 2.24) is 5.32 Å². The van der Waals surface area contributed by atoms with Crippen LogP contribution in [0.3, 0.4) is 0 Å². The van der Waals surface area contributed by atoms with Gasteiger partial charge in [0.25, 0.3) is 0 Å². The topological polar surface area (TPSA) is 67.4 Å². The fourth-order valence-electron chi connectivity index (χ4n) is 1.81. The molecule has 0 aromatic heterocycles. The first-order valence-corrected chi connectivity index (χ1v) is 5.83. The zero-order chi connectivity index (χ0) is 13.1. The number of amides is 1. The second-order valence-electron chi connectivity index (χ2n) is 4.31. The van der Waals surface area contributed by atoms with Crippen molar-refractivity contribution in [3.8, 4) is 0 Å². The summed E-state index contributed by atoms with van der Waals surface area (Å²) in [5.74, 6) is -0.390. The third kappa shape index (κ3) is 2.36. The summed E-state index contributed by atoms with van der Waals surface area (Å²) in [4.78, 5) is 23.4. The molecule has 1 aromatic rings. The lowest BCUT2D eigenvalue weighted by atomic mass is 10.0. The number of anilines is 1. The van der Waals surface area contributed by atoms with E-state index in [0.29, 0.717) is 24.3 Å². The predicted octanol–water partition coefficient (Wildman–Crippen LogP) is 0.940. The van der Waals surface area contributed by atoms with Crippen molar-refractivity contribution < 1.29 is 14.3 Å². The zero-order valence-electron chi connectivity index (χ0n) is 10.4. The van der Waals surface area contributed by atoms with E-state index >= 15 is 0 Å². The van der Waals surface area contributed by atoms with Gasteiger partial charge in [-0.3, -0.25) is 4.79 Å². The number of nitrogens with one attached hydrogen (secondary N) is 2. The quantitative estimate of drug-likeness (QED) is 0.781. The molecule has 0 aliphatic carbocycles. The SMILES string of the molecule is COC(=O)c1cccc(NC(=O)C2CNC2)c1C. The number of hydrogen-bond donors (Lipinski definition) is 2. The highest BCUT2D eigenvalue weighted by Crippen LogP contribution is 2.20. The molecule has 96 valence electrons. The summed E-state index contributed by atoms with van der Waals surface area (Å²) in [6.45, 7) is 3.21. The summed E-state index contributed by atoms with van der Waals surface area (Å²) >= 11 is 0. The fraction of sp³-hybridized carbons (Fsp3) is 0.385. The lowest BCUT2D eigenvalue weighted by Crippen LogP contribution is -2.48. The number of ether oxygens (including phenoxy) is 1. The lowest BCUT2D eigenvalue weighted by molar-refractivity contribution is -0.121. The Morgan fingerprint density at radius 2 is 2.11 bits per heavy atom. The second-order valence-corrected chi connectivity index (χ2v) is 4.31. The number of rotatable bonds is 3. The third-order valence-corrected chi connectivity index (χ3v) is 3.15. The molecular formula is C13H16N2O3. The number of esters is 1. The molecule has 5 heteroatoms. The van der Waals surface area contributed by atoms with E-state index in [4.69, 9.17) is 4.74 Å². The average molecular weight is 248 g/mol. The molecule has 1 aromatic carbocycles. The van der Waals surface area contributed by atoms with Gasteiger partial charge < -0.3 is 15.4 Å². The molecule has 0 unspecified atom stereocenters. The van der Waals surface area contributed by atoms with Crippen molar-refractivity contribution in [2.24, 2.45) is 5.92 Å². The molecule has 1 heterocycles. The first kappa shape index (κ1) is 12.6. The van der Waals surface area contributed by atoms with Gasteiger partial charge in [0.1, 0.15) is 0 Å². The standard InChI is InChI=1S/C13H16N2O3/c1-8-10(13(17)18-2)4-3-5-11(8)15-12(16)9-6-14-7-9/h3-5,9,14H,6-7H2,1-2H3,(H,15,16). The van der Waals surface area contributed by atoms with Crippen molar-refractivity contribution in [2.45, 2.75) is 6.92 Å². The first-order valence-electron chi connectivity index (χ1n) is 5.83. The van der Waals surface area contributed by atoms with Crippen LogP contribution in [0.5, 0.6) is 0 Å². The van der Waals surface area contributed by atoms with Gasteiger partial charge in [0.05, 0.1) is 18.6 Å². The Kier molecular flexibility index (Phi) is 3.62. The van der Waals surface area contributed by atoms with E-state index in [1.54, 1.807) is 25.1 Å². The third-order valence-electron chi connectivity index (χ3n) is 3.15. The maximum absolute atomic E-state index is 11.8. The van der Waals surface area contributed by atoms with Gasteiger partial charge in [0, 0.05) is 18.8 Å². The number of benzene rings is 1. The molecule has 2 N–H and O–H groups in total. The average Bonchev–Trinajstić information content (AvgIpc) is 2.28. The van der Waals surface area contributed by atoms with Crippen LogP contribution in [-0.2, 0) is 9.53 Å². The Bertz CT molecular complexity index is 481. The molecule has 0 atom stereocenters. The molecule has 18 heavy (non-hydrogen) atoms. The molecule has 1 aliphatic heterocycles. The minimum atomic E-state index is -0.395. The summed E-state index contributed by atoms with van der Waals surface area (Å²) in [5, 5.41) is 5.89. The van der Waals surface area contributed by atoms with Crippen LogP contribution in [0, 0.1) is 12.8 Å². The van der Waals surface area contributed by atoms with Crippen molar-refractivity contribution >= 4 is 17.6 Å².